The van der Waals surface area contributed by atoms with Crippen LogP contribution >= 0.6 is 0 Å². The van der Waals surface area contributed by atoms with Crippen molar-refractivity contribution >= 4 is 11.9 Å². The molecule has 0 aliphatic rings. The molecule has 1 rings (SSSR count). The SMILES string of the molecule is CCN(C(=O)c1ccc(OC)c(F)c1)C(C)(C)C(=O)O. The second-order valence-corrected chi connectivity index (χ2v) is 4.76. The summed E-state index contributed by atoms with van der Waals surface area (Å²) < 4.78 is 18.4. The molecule has 0 atom stereocenters. The quantitative estimate of drug-likeness (QED) is 0.899. The van der Waals surface area contributed by atoms with E-state index in [1.54, 1.807) is 6.92 Å². The molecule has 0 fully saturated rings. The predicted molar refractivity (Wildman–Crippen MR) is 71.4 cm³/mol. The first-order chi connectivity index (χ1) is 9.25. The minimum Gasteiger partial charge on any atom is -0.494 e. The van der Waals surface area contributed by atoms with Crippen LogP contribution in [0.5, 0.6) is 5.75 Å². The van der Waals surface area contributed by atoms with Gasteiger partial charge in [0.1, 0.15) is 5.54 Å². The molecule has 0 aromatic heterocycles. The van der Waals surface area contributed by atoms with Gasteiger partial charge in [0.25, 0.3) is 5.91 Å². The number of nitrogens with zero attached hydrogens (tertiary/aromatic N) is 1. The fraction of sp³-hybridized carbons (Fsp3) is 0.429. The van der Waals surface area contributed by atoms with Crippen LogP contribution in [0.2, 0.25) is 0 Å². The predicted octanol–water partition coefficient (Wildman–Crippen LogP) is 2.16. The van der Waals surface area contributed by atoms with Gasteiger partial charge in [-0.05, 0) is 39.0 Å². The van der Waals surface area contributed by atoms with Gasteiger partial charge in [-0.15, -0.1) is 0 Å². The van der Waals surface area contributed by atoms with Crippen LogP contribution in [0.25, 0.3) is 0 Å². The number of carboxylic acid groups (broad SMARTS) is 1. The van der Waals surface area contributed by atoms with Crippen LogP contribution in [0.4, 0.5) is 4.39 Å². The van der Waals surface area contributed by atoms with Crippen LogP contribution < -0.4 is 4.74 Å². The zero-order chi connectivity index (χ0) is 15.5. The molecule has 110 valence electrons. The highest BCUT2D eigenvalue weighted by Gasteiger charge is 2.37. The fourth-order valence-corrected chi connectivity index (χ4v) is 1.86. The lowest BCUT2D eigenvalue weighted by atomic mass is 10.0. The number of ether oxygens (including phenoxy) is 1. The van der Waals surface area contributed by atoms with Crippen molar-refractivity contribution in [2.75, 3.05) is 13.7 Å². The van der Waals surface area contributed by atoms with Gasteiger partial charge in [0.2, 0.25) is 0 Å². The zero-order valence-electron chi connectivity index (χ0n) is 11.9. The van der Waals surface area contributed by atoms with E-state index in [-0.39, 0.29) is 17.9 Å². The van der Waals surface area contributed by atoms with Crippen molar-refractivity contribution in [1.82, 2.24) is 4.90 Å². The maximum atomic E-state index is 13.6. The number of hydrogen-bond donors (Lipinski definition) is 1. The van der Waals surface area contributed by atoms with Crippen LogP contribution in [-0.4, -0.2) is 41.1 Å². The summed E-state index contributed by atoms with van der Waals surface area (Å²) in [7, 11) is 1.33. The number of benzene rings is 1. The van der Waals surface area contributed by atoms with Crippen molar-refractivity contribution in [3.05, 3.63) is 29.6 Å². The average molecular weight is 283 g/mol. The molecule has 0 radical (unpaired) electrons. The van der Waals surface area contributed by atoms with Crippen molar-refractivity contribution in [1.29, 1.82) is 0 Å². The lowest BCUT2D eigenvalue weighted by Crippen LogP contribution is -2.52. The lowest BCUT2D eigenvalue weighted by Gasteiger charge is -2.34. The van der Waals surface area contributed by atoms with E-state index in [0.29, 0.717) is 0 Å². The highest BCUT2D eigenvalue weighted by Crippen LogP contribution is 2.22. The Morgan fingerprint density at radius 1 is 1.40 bits per heavy atom. The van der Waals surface area contributed by atoms with Crippen molar-refractivity contribution in [3.63, 3.8) is 0 Å². The summed E-state index contributed by atoms with van der Waals surface area (Å²) in [6.07, 6.45) is 0. The third kappa shape index (κ3) is 2.89. The molecule has 5 nitrogen and oxygen atoms in total. The summed E-state index contributed by atoms with van der Waals surface area (Å²) in [5, 5.41) is 9.19. The van der Waals surface area contributed by atoms with Crippen molar-refractivity contribution in [2.24, 2.45) is 0 Å². The van der Waals surface area contributed by atoms with Crippen molar-refractivity contribution in [2.45, 2.75) is 26.3 Å². The van der Waals surface area contributed by atoms with E-state index in [2.05, 4.69) is 0 Å². The second-order valence-electron chi connectivity index (χ2n) is 4.76. The number of hydrogen-bond acceptors (Lipinski definition) is 3. The molecular formula is C14H18FNO4. The van der Waals surface area contributed by atoms with Gasteiger partial charge in [0.05, 0.1) is 7.11 Å². The summed E-state index contributed by atoms with van der Waals surface area (Å²) in [4.78, 5) is 24.7. The van der Waals surface area contributed by atoms with E-state index in [4.69, 9.17) is 4.74 Å². The smallest absolute Gasteiger partial charge is 0.329 e. The van der Waals surface area contributed by atoms with E-state index >= 15 is 0 Å². The second kappa shape index (κ2) is 5.90. The normalized spacial score (nSPS) is 11.1. The Bertz CT molecular complexity index is 528. The molecule has 0 heterocycles. The first-order valence-corrected chi connectivity index (χ1v) is 6.14. The van der Waals surface area contributed by atoms with Crippen molar-refractivity contribution < 1.29 is 23.8 Å². The van der Waals surface area contributed by atoms with E-state index in [0.717, 1.165) is 6.07 Å². The molecule has 0 unspecified atom stereocenters. The molecule has 1 aromatic carbocycles. The standard InChI is InChI=1S/C14H18FNO4/c1-5-16(14(2,3)13(18)19)12(17)9-6-7-11(20-4)10(15)8-9/h6-8H,5H2,1-4H3,(H,18,19). The maximum absolute atomic E-state index is 13.6. The molecule has 0 aliphatic heterocycles. The molecule has 0 saturated carbocycles. The van der Waals surface area contributed by atoms with E-state index in [1.165, 1.54) is 38.0 Å². The molecule has 1 amide bonds. The highest BCUT2D eigenvalue weighted by molar-refractivity contribution is 5.97. The van der Waals surface area contributed by atoms with Crippen LogP contribution in [0.3, 0.4) is 0 Å². The Hall–Kier alpha value is -2.11. The van der Waals surface area contributed by atoms with Crippen LogP contribution in [0, 0.1) is 5.82 Å². The number of rotatable bonds is 5. The molecule has 0 spiro atoms. The van der Waals surface area contributed by atoms with Gasteiger partial charge in [0, 0.05) is 12.1 Å². The summed E-state index contributed by atoms with van der Waals surface area (Å²) in [5.41, 5.74) is -1.29. The van der Waals surface area contributed by atoms with E-state index < -0.39 is 23.2 Å². The molecule has 0 aliphatic carbocycles. The number of methoxy groups -OCH3 is 1. The highest BCUT2D eigenvalue weighted by atomic mass is 19.1. The topological polar surface area (TPSA) is 66.8 Å². The average Bonchev–Trinajstić information content (AvgIpc) is 2.38. The largest absolute Gasteiger partial charge is 0.494 e. The van der Waals surface area contributed by atoms with Gasteiger partial charge in [-0.25, -0.2) is 9.18 Å². The number of amides is 1. The molecule has 6 heteroatoms. The van der Waals surface area contributed by atoms with E-state index in [1.807, 2.05) is 0 Å². The third-order valence-electron chi connectivity index (χ3n) is 3.16. The lowest BCUT2D eigenvalue weighted by molar-refractivity contribution is -0.147. The zero-order valence-corrected chi connectivity index (χ0v) is 11.9. The van der Waals surface area contributed by atoms with Gasteiger partial charge in [-0.3, -0.25) is 4.79 Å². The van der Waals surface area contributed by atoms with E-state index in [9.17, 15) is 19.1 Å². The Balaban J connectivity index is 3.15. The van der Waals surface area contributed by atoms with Gasteiger partial charge in [-0.1, -0.05) is 0 Å². The summed E-state index contributed by atoms with van der Waals surface area (Å²) in [6, 6.07) is 3.79. The van der Waals surface area contributed by atoms with Crippen LogP contribution in [0.15, 0.2) is 18.2 Å². The van der Waals surface area contributed by atoms with Crippen LogP contribution in [0.1, 0.15) is 31.1 Å². The van der Waals surface area contributed by atoms with Gasteiger partial charge in [0.15, 0.2) is 11.6 Å². The van der Waals surface area contributed by atoms with Crippen molar-refractivity contribution in [3.8, 4) is 5.75 Å². The number of carboxylic acids is 1. The number of likely N-dealkylation sites (N-methyl/N-ethyl adjacent to an activating group) is 1. The van der Waals surface area contributed by atoms with Gasteiger partial charge < -0.3 is 14.7 Å². The third-order valence-corrected chi connectivity index (χ3v) is 3.16. The summed E-state index contributed by atoms with van der Waals surface area (Å²) in [5.74, 6) is -2.30. The first-order valence-electron chi connectivity index (χ1n) is 6.14. The molecular weight excluding hydrogens is 265 g/mol. The Kier molecular flexibility index (Phi) is 4.70. The number of carbonyl (C=O) groups excluding carboxylic acids is 1. The van der Waals surface area contributed by atoms with Gasteiger partial charge >= 0.3 is 5.97 Å². The molecule has 0 saturated heterocycles. The van der Waals surface area contributed by atoms with Gasteiger partial charge in [-0.2, -0.15) is 0 Å². The molecule has 1 aromatic rings. The monoisotopic (exact) mass is 283 g/mol. The summed E-state index contributed by atoms with van der Waals surface area (Å²) in [6.45, 7) is 4.72. The maximum Gasteiger partial charge on any atom is 0.329 e. The molecule has 20 heavy (non-hydrogen) atoms. The number of halogens is 1. The number of aliphatic carboxylic acids is 1. The fourth-order valence-electron chi connectivity index (χ4n) is 1.86. The Morgan fingerprint density at radius 2 is 2.00 bits per heavy atom. The minimum atomic E-state index is -1.37. The Labute approximate surface area is 117 Å². The molecule has 0 bridgehead atoms. The molecule has 1 N–H and O–H groups in total. The minimum absolute atomic E-state index is 0.0297. The Morgan fingerprint density at radius 3 is 2.40 bits per heavy atom. The van der Waals surface area contributed by atoms with Crippen LogP contribution in [-0.2, 0) is 4.79 Å². The number of carbonyl (C=O) groups is 2. The summed E-state index contributed by atoms with van der Waals surface area (Å²) >= 11 is 0. The first kappa shape index (κ1) is 15.9.